The van der Waals surface area contributed by atoms with Crippen molar-refractivity contribution in [2.24, 2.45) is 5.73 Å². The highest BCUT2D eigenvalue weighted by Crippen LogP contribution is 2.03. The lowest BCUT2D eigenvalue weighted by Gasteiger charge is -2.23. The van der Waals surface area contributed by atoms with E-state index in [1.165, 1.54) is 12.5 Å². The molecule has 0 aliphatic rings. The molecule has 1 aromatic rings. The van der Waals surface area contributed by atoms with Crippen LogP contribution in [0.5, 0.6) is 0 Å². The Kier molecular flexibility index (Phi) is 11.5. The van der Waals surface area contributed by atoms with E-state index >= 15 is 0 Å². The van der Waals surface area contributed by atoms with Crippen LogP contribution in [0.1, 0.15) is 25.0 Å². The average Bonchev–Trinajstić information content (AvgIpc) is 3.27. The molecule has 9 N–H and O–H groups in total. The van der Waals surface area contributed by atoms with Gasteiger partial charge in [0.15, 0.2) is 0 Å². The summed E-state index contributed by atoms with van der Waals surface area (Å²) in [5.74, 6) is -7.20. The molecule has 0 radical (unpaired) electrons. The largest absolute Gasteiger partial charge is 0.481 e. The number of imidazole rings is 1. The van der Waals surface area contributed by atoms with Crippen molar-refractivity contribution in [1.82, 2.24) is 25.9 Å². The number of amides is 3. The Bertz CT molecular complexity index is 894. The van der Waals surface area contributed by atoms with Crippen molar-refractivity contribution in [3.05, 3.63) is 18.2 Å². The Morgan fingerprint density at radius 2 is 1.53 bits per heavy atom. The number of H-pyrrole nitrogens is 1. The standard InChI is InChI=1S/C18H26N6O9S/c19-9(1-2-13(25)26)15(29)22-10(4-14(27)28)16(30)24-12(6-34)17(31)23-11(18(32)33)3-8-5-20-7-21-8/h5,7,9-12,34H,1-4,6,19H2,(H,20,21)(H,22,29)(H,23,31)(H,24,30)(H,25,26)(H,27,28)(H,32,33). The maximum absolute atomic E-state index is 12.6. The van der Waals surface area contributed by atoms with Crippen LogP contribution in [0, 0.1) is 0 Å². The maximum Gasteiger partial charge on any atom is 0.326 e. The molecule has 0 aliphatic heterocycles. The highest BCUT2D eigenvalue weighted by Gasteiger charge is 2.31. The average molecular weight is 503 g/mol. The zero-order valence-corrected chi connectivity index (χ0v) is 18.7. The molecule has 0 aromatic carbocycles. The summed E-state index contributed by atoms with van der Waals surface area (Å²) in [6.07, 6.45) is 1.05. The summed E-state index contributed by atoms with van der Waals surface area (Å²) in [5.41, 5.74) is 6.00. The minimum atomic E-state index is -1.64. The predicted octanol–water partition coefficient (Wildman–Crippen LogP) is -2.91. The van der Waals surface area contributed by atoms with Gasteiger partial charge >= 0.3 is 17.9 Å². The quantitative estimate of drug-likeness (QED) is 0.110. The second kappa shape index (κ2) is 13.8. The fourth-order valence-electron chi connectivity index (χ4n) is 2.63. The molecule has 15 nitrogen and oxygen atoms in total. The minimum absolute atomic E-state index is 0.125. The van der Waals surface area contributed by atoms with Gasteiger partial charge in [0, 0.05) is 30.5 Å². The molecule has 16 heteroatoms. The highest BCUT2D eigenvalue weighted by molar-refractivity contribution is 7.80. The van der Waals surface area contributed by atoms with Gasteiger partial charge in [0.05, 0.1) is 18.8 Å². The lowest BCUT2D eigenvalue weighted by atomic mass is 10.1. The van der Waals surface area contributed by atoms with Crippen molar-refractivity contribution in [3.63, 3.8) is 0 Å². The maximum atomic E-state index is 12.6. The molecule has 4 unspecified atom stereocenters. The van der Waals surface area contributed by atoms with Gasteiger partial charge in [-0.1, -0.05) is 0 Å². The topological polar surface area (TPSA) is 254 Å². The number of nitrogens with zero attached hydrogens (tertiary/aromatic N) is 1. The molecular weight excluding hydrogens is 476 g/mol. The summed E-state index contributed by atoms with van der Waals surface area (Å²) < 4.78 is 0. The van der Waals surface area contributed by atoms with E-state index in [4.69, 9.17) is 15.9 Å². The van der Waals surface area contributed by atoms with Crippen LogP contribution in [0.2, 0.25) is 0 Å². The van der Waals surface area contributed by atoms with Crippen molar-refractivity contribution in [1.29, 1.82) is 0 Å². The molecule has 1 aromatic heterocycles. The molecule has 0 aliphatic carbocycles. The zero-order chi connectivity index (χ0) is 25.8. The number of carboxylic acid groups (broad SMARTS) is 3. The number of carboxylic acids is 3. The second-order valence-electron chi connectivity index (χ2n) is 7.12. The number of carbonyl (C=O) groups excluding carboxylic acids is 3. The second-order valence-corrected chi connectivity index (χ2v) is 7.49. The van der Waals surface area contributed by atoms with E-state index in [0.29, 0.717) is 5.69 Å². The normalized spacial score (nSPS) is 14.2. The molecule has 3 amide bonds. The summed E-state index contributed by atoms with van der Waals surface area (Å²) in [4.78, 5) is 76.9. The first kappa shape index (κ1) is 28.4. The van der Waals surface area contributed by atoms with Crippen molar-refractivity contribution in [3.8, 4) is 0 Å². The monoisotopic (exact) mass is 502 g/mol. The van der Waals surface area contributed by atoms with Crippen LogP contribution in [0.15, 0.2) is 12.5 Å². The van der Waals surface area contributed by atoms with Crippen LogP contribution >= 0.6 is 12.6 Å². The fraction of sp³-hybridized carbons (Fsp3) is 0.500. The van der Waals surface area contributed by atoms with Gasteiger partial charge in [-0.25, -0.2) is 9.78 Å². The number of aromatic nitrogens is 2. The molecule has 1 rings (SSSR count). The smallest absolute Gasteiger partial charge is 0.326 e. The Morgan fingerprint density at radius 3 is 2.03 bits per heavy atom. The van der Waals surface area contributed by atoms with E-state index in [2.05, 4.69) is 38.5 Å². The van der Waals surface area contributed by atoms with Crippen LogP contribution in [-0.2, 0) is 35.2 Å². The fourth-order valence-corrected chi connectivity index (χ4v) is 2.88. The third kappa shape index (κ3) is 9.86. The van der Waals surface area contributed by atoms with Gasteiger partial charge in [-0.2, -0.15) is 12.6 Å². The Balaban J connectivity index is 2.83. The van der Waals surface area contributed by atoms with E-state index in [-0.39, 0.29) is 18.6 Å². The lowest BCUT2D eigenvalue weighted by Crippen LogP contribution is -2.58. The Labute approximate surface area is 198 Å². The molecule has 188 valence electrons. The van der Waals surface area contributed by atoms with Gasteiger partial charge in [-0.05, 0) is 6.42 Å². The van der Waals surface area contributed by atoms with Gasteiger partial charge in [0.1, 0.15) is 18.1 Å². The number of nitrogens with two attached hydrogens (primary N) is 1. The first-order valence-corrected chi connectivity index (χ1v) is 10.5. The van der Waals surface area contributed by atoms with Gasteiger partial charge in [0.25, 0.3) is 0 Å². The highest BCUT2D eigenvalue weighted by atomic mass is 32.1. The van der Waals surface area contributed by atoms with Crippen LogP contribution < -0.4 is 21.7 Å². The number of aromatic amines is 1. The number of thiol groups is 1. The van der Waals surface area contributed by atoms with Gasteiger partial charge in [0.2, 0.25) is 17.7 Å². The molecule has 0 saturated carbocycles. The van der Waals surface area contributed by atoms with E-state index in [0.717, 1.165) is 0 Å². The molecule has 0 fully saturated rings. The van der Waals surface area contributed by atoms with Gasteiger partial charge < -0.3 is 42.0 Å². The third-order valence-corrected chi connectivity index (χ3v) is 4.79. The van der Waals surface area contributed by atoms with Crippen LogP contribution in [0.3, 0.4) is 0 Å². The van der Waals surface area contributed by atoms with Crippen LogP contribution in [-0.4, -0.2) is 90.8 Å². The zero-order valence-electron chi connectivity index (χ0n) is 17.8. The van der Waals surface area contributed by atoms with Crippen molar-refractivity contribution < 1.29 is 44.1 Å². The number of hydrogen-bond acceptors (Lipinski definition) is 9. The van der Waals surface area contributed by atoms with E-state index in [1.54, 1.807) is 0 Å². The minimum Gasteiger partial charge on any atom is -0.481 e. The van der Waals surface area contributed by atoms with E-state index in [9.17, 15) is 33.9 Å². The molecule has 1 heterocycles. The summed E-state index contributed by atoms with van der Waals surface area (Å²) >= 11 is 3.96. The summed E-state index contributed by atoms with van der Waals surface area (Å²) in [6, 6.07) is -5.69. The summed E-state index contributed by atoms with van der Waals surface area (Å²) in [7, 11) is 0. The van der Waals surface area contributed by atoms with Gasteiger partial charge in [-0.15, -0.1) is 0 Å². The number of aliphatic carboxylic acids is 3. The molecule has 34 heavy (non-hydrogen) atoms. The number of rotatable bonds is 15. The number of hydrogen-bond donors (Lipinski definition) is 9. The van der Waals surface area contributed by atoms with Crippen LogP contribution in [0.25, 0.3) is 0 Å². The van der Waals surface area contributed by atoms with Crippen LogP contribution in [0.4, 0.5) is 0 Å². The lowest BCUT2D eigenvalue weighted by molar-refractivity contribution is -0.143. The van der Waals surface area contributed by atoms with Crippen molar-refractivity contribution in [2.45, 2.75) is 49.9 Å². The number of nitrogens with one attached hydrogen (secondary N) is 4. The molecular formula is C18H26N6O9S. The van der Waals surface area contributed by atoms with E-state index in [1.807, 2.05) is 0 Å². The SMILES string of the molecule is NC(CCC(=O)O)C(=O)NC(CC(=O)O)C(=O)NC(CS)C(=O)NC(Cc1cnc[nH]1)C(=O)O. The van der Waals surface area contributed by atoms with Crippen molar-refractivity contribution >= 4 is 48.3 Å². The summed E-state index contributed by atoms with van der Waals surface area (Å²) in [6.45, 7) is 0. The van der Waals surface area contributed by atoms with E-state index < -0.39 is 72.6 Å². The summed E-state index contributed by atoms with van der Waals surface area (Å²) in [5, 5.41) is 33.7. The molecule has 0 saturated heterocycles. The Morgan fingerprint density at radius 1 is 0.941 bits per heavy atom. The Hall–Kier alpha value is -3.66. The molecule has 0 spiro atoms. The van der Waals surface area contributed by atoms with Gasteiger partial charge in [-0.3, -0.25) is 24.0 Å². The third-order valence-electron chi connectivity index (χ3n) is 4.43. The van der Waals surface area contributed by atoms with Crippen molar-refractivity contribution in [2.75, 3.05) is 5.75 Å². The molecule has 4 atom stereocenters. The number of carbonyl (C=O) groups is 6. The molecule has 0 bridgehead atoms. The first-order chi connectivity index (χ1) is 15.9. The first-order valence-electron chi connectivity index (χ1n) is 9.85. The predicted molar refractivity (Wildman–Crippen MR) is 117 cm³/mol.